The molecule has 0 saturated carbocycles. The summed E-state index contributed by atoms with van der Waals surface area (Å²) in [6.45, 7) is 3.38. The normalized spacial score (nSPS) is 17.2. The number of aromatic nitrogens is 1. The molecular weight excluding hydrogens is 447 g/mol. The summed E-state index contributed by atoms with van der Waals surface area (Å²) in [6, 6.07) is 10.3. The lowest BCUT2D eigenvalue weighted by molar-refractivity contribution is 0.181. The molecule has 1 fully saturated rings. The first kappa shape index (κ1) is 20.1. The van der Waals surface area contributed by atoms with Gasteiger partial charge in [-0.15, -0.1) is 35.3 Å². The van der Waals surface area contributed by atoms with E-state index in [1.54, 1.807) is 11.3 Å². The second kappa shape index (κ2) is 10.1. The van der Waals surface area contributed by atoms with E-state index in [-0.39, 0.29) is 24.0 Å². The maximum Gasteiger partial charge on any atom is 0.193 e. The minimum atomic E-state index is 0. The number of rotatable bonds is 5. The van der Waals surface area contributed by atoms with Crippen molar-refractivity contribution in [3.63, 3.8) is 0 Å². The Morgan fingerprint density at radius 3 is 2.88 bits per heavy atom. The minimum absolute atomic E-state index is 0. The Morgan fingerprint density at radius 1 is 1.40 bits per heavy atom. The summed E-state index contributed by atoms with van der Waals surface area (Å²) in [5, 5.41) is 6.56. The molecular formula is C18H25IN4OS. The van der Waals surface area contributed by atoms with Crippen LogP contribution in [0.15, 0.2) is 40.7 Å². The molecule has 2 heterocycles. The Labute approximate surface area is 170 Å². The number of nitrogens with zero attached hydrogens (tertiary/aromatic N) is 3. The highest BCUT2D eigenvalue weighted by Gasteiger charge is 2.19. The molecule has 0 bridgehead atoms. The molecule has 3 rings (SSSR count). The number of aliphatic imine (C=N–C) groups is 1. The van der Waals surface area contributed by atoms with Crippen molar-refractivity contribution in [1.29, 1.82) is 0 Å². The summed E-state index contributed by atoms with van der Waals surface area (Å²) >= 11 is 1.68. The molecule has 1 unspecified atom stereocenters. The van der Waals surface area contributed by atoms with E-state index < -0.39 is 0 Å². The predicted octanol–water partition coefficient (Wildman–Crippen LogP) is 3.47. The van der Waals surface area contributed by atoms with Crippen molar-refractivity contribution in [3.05, 3.63) is 41.4 Å². The molecule has 1 atom stereocenters. The van der Waals surface area contributed by atoms with Crippen molar-refractivity contribution in [2.45, 2.75) is 13.0 Å². The molecule has 1 aromatic heterocycles. The third-order valence-electron chi connectivity index (χ3n) is 4.13. The molecule has 2 aromatic rings. The zero-order valence-corrected chi connectivity index (χ0v) is 17.8. The van der Waals surface area contributed by atoms with Crippen LogP contribution in [0.1, 0.15) is 12.1 Å². The monoisotopic (exact) mass is 472 g/mol. The first-order valence-electron chi connectivity index (χ1n) is 8.25. The third-order valence-corrected chi connectivity index (χ3v) is 5.07. The van der Waals surface area contributed by atoms with Gasteiger partial charge in [-0.2, -0.15) is 0 Å². The quantitative estimate of drug-likeness (QED) is 0.412. The van der Waals surface area contributed by atoms with Gasteiger partial charge in [-0.05, 0) is 6.42 Å². The lowest BCUT2D eigenvalue weighted by atomic mass is 10.1. The second-order valence-electron chi connectivity index (χ2n) is 6.02. The van der Waals surface area contributed by atoms with Crippen LogP contribution in [-0.2, 0) is 11.3 Å². The van der Waals surface area contributed by atoms with E-state index in [0.29, 0.717) is 12.5 Å². The summed E-state index contributed by atoms with van der Waals surface area (Å²) in [7, 11) is 3.89. The van der Waals surface area contributed by atoms with E-state index >= 15 is 0 Å². The van der Waals surface area contributed by atoms with Crippen LogP contribution in [0.25, 0.3) is 10.6 Å². The van der Waals surface area contributed by atoms with E-state index in [1.807, 2.05) is 25.2 Å². The van der Waals surface area contributed by atoms with E-state index in [1.165, 1.54) is 0 Å². The third kappa shape index (κ3) is 5.65. The molecule has 7 heteroatoms. The number of guanidine groups is 1. The minimum Gasteiger partial charge on any atom is -0.381 e. The first-order valence-corrected chi connectivity index (χ1v) is 9.13. The summed E-state index contributed by atoms with van der Waals surface area (Å²) in [4.78, 5) is 11.3. The van der Waals surface area contributed by atoms with Gasteiger partial charge in [0.2, 0.25) is 0 Å². The van der Waals surface area contributed by atoms with Gasteiger partial charge >= 0.3 is 0 Å². The Morgan fingerprint density at radius 2 is 2.20 bits per heavy atom. The molecule has 1 aromatic carbocycles. The highest BCUT2D eigenvalue weighted by atomic mass is 127. The van der Waals surface area contributed by atoms with Gasteiger partial charge in [0.25, 0.3) is 0 Å². The average Bonchev–Trinajstić information content (AvgIpc) is 3.28. The molecule has 5 nitrogen and oxygen atoms in total. The largest absolute Gasteiger partial charge is 0.381 e. The van der Waals surface area contributed by atoms with Crippen molar-refractivity contribution in [2.24, 2.45) is 10.9 Å². The SMILES string of the molecule is CN=C(NCc1csc(-c2ccccc2)n1)N(C)CC1CCOC1.I. The summed E-state index contributed by atoms with van der Waals surface area (Å²) in [5.41, 5.74) is 2.20. The van der Waals surface area contributed by atoms with Crippen LogP contribution >= 0.6 is 35.3 Å². The van der Waals surface area contributed by atoms with Crippen LogP contribution in [-0.4, -0.2) is 49.7 Å². The number of hydrogen-bond acceptors (Lipinski definition) is 4. The number of halogens is 1. The maximum absolute atomic E-state index is 5.45. The lowest BCUT2D eigenvalue weighted by Crippen LogP contribution is -2.41. The number of hydrogen-bond donors (Lipinski definition) is 1. The van der Waals surface area contributed by atoms with E-state index in [0.717, 1.165) is 48.4 Å². The number of thiazole rings is 1. The zero-order chi connectivity index (χ0) is 16.8. The Hall–Kier alpha value is -1.19. The summed E-state index contributed by atoms with van der Waals surface area (Å²) in [6.07, 6.45) is 1.13. The molecule has 1 saturated heterocycles. The number of nitrogens with one attached hydrogen (secondary N) is 1. The fourth-order valence-electron chi connectivity index (χ4n) is 2.86. The molecule has 136 valence electrons. The first-order chi connectivity index (χ1) is 11.8. The molecule has 0 radical (unpaired) electrons. The van der Waals surface area contributed by atoms with Gasteiger partial charge in [0.05, 0.1) is 18.8 Å². The van der Waals surface area contributed by atoms with Gasteiger partial charge < -0.3 is 15.0 Å². The molecule has 25 heavy (non-hydrogen) atoms. The summed E-state index contributed by atoms with van der Waals surface area (Å²) < 4.78 is 5.45. The van der Waals surface area contributed by atoms with Crippen LogP contribution in [0.3, 0.4) is 0 Å². The van der Waals surface area contributed by atoms with Gasteiger partial charge in [-0.3, -0.25) is 4.99 Å². The Bertz CT molecular complexity index is 671. The van der Waals surface area contributed by atoms with Crippen LogP contribution in [0.4, 0.5) is 0 Å². The smallest absolute Gasteiger partial charge is 0.193 e. The van der Waals surface area contributed by atoms with Gasteiger partial charge in [-0.25, -0.2) is 4.98 Å². The fraction of sp³-hybridized carbons (Fsp3) is 0.444. The van der Waals surface area contributed by atoms with E-state index in [4.69, 9.17) is 9.72 Å². The predicted molar refractivity (Wildman–Crippen MR) is 115 cm³/mol. The second-order valence-corrected chi connectivity index (χ2v) is 6.88. The number of benzene rings is 1. The van der Waals surface area contributed by atoms with Crippen LogP contribution in [0, 0.1) is 5.92 Å². The highest BCUT2D eigenvalue weighted by molar-refractivity contribution is 14.0. The Kier molecular flexibility index (Phi) is 8.11. The summed E-state index contributed by atoms with van der Waals surface area (Å²) in [5.74, 6) is 1.49. The highest BCUT2D eigenvalue weighted by Crippen LogP contribution is 2.23. The fourth-order valence-corrected chi connectivity index (χ4v) is 3.68. The van der Waals surface area contributed by atoms with E-state index in [2.05, 4.69) is 39.8 Å². The van der Waals surface area contributed by atoms with Crippen LogP contribution < -0.4 is 5.32 Å². The van der Waals surface area contributed by atoms with E-state index in [9.17, 15) is 0 Å². The average molecular weight is 472 g/mol. The van der Waals surface area contributed by atoms with Gasteiger partial charge in [0.1, 0.15) is 5.01 Å². The molecule has 0 spiro atoms. The Balaban J connectivity index is 0.00000225. The maximum atomic E-state index is 5.45. The van der Waals surface area contributed by atoms with Crippen LogP contribution in [0.2, 0.25) is 0 Å². The van der Waals surface area contributed by atoms with Crippen molar-refractivity contribution in [3.8, 4) is 10.6 Å². The molecule has 1 N–H and O–H groups in total. The lowest BCUT2D eigenvalue weighted by Gasteiger charge is -2.24. The van der Waals surface area contributed by atoms with Gasteiger partial charge in [0.15, 0.2) is 5.96 Å². The number of ether oxygens (including phenoxy) is 1. The molecule has 1 aliphatic rings. The topological polar surface area (TPSA) is 49.8 Å². The zero-order valence-electron chi connectivity index (χ0n) is 14.6. The van der Waals surface area contributed by atoms with Gasteiger partial charge in [-0.1, -0.05) is 30.3 Å². The molecule has 0 aliphatic carbocycles. The standard InChI is InChI=1S/C18H24N4OS.HI/c1-19-18(22(2)11-14-8-9-23-12-14)20-10-16-13-24-17(21-16)15-6-4-3-5-7-15;/h3-7,13-14H,8-12H2,1-2H3,(H,19,20);1H. The van der Waals surface area contributed by atoms with Gasteiger partial charge in [0, 0.05) is 44.1 Å². The van der Waals surface area contributed by atoms with Crippen LogP contribution in [0.5, 0.6) is 0 Å². The molecule has 0 amide bonds. The molecule has 1 aliphatic heterocycles. The van der Waals surface area contributed by atoms with Crippen molar-refractivity contribution >= 4 is 41.3 Å². The van der Waals surface area contributed by atoms with Crippen molar-refractivity contribution in [2.75, 3.05) is 33.9 Å². The van der Waals surface area contributed by atoms with Crippen molar-refractivity contribution in [1.82, 2.24) is 15.2 Å². The van der Waals surface area contributed by atoms with Crippen molar-refractivity contribution < 1.29 is 4.74 Å².